The highest BCUT2D eigenvalue weighted by molar-refractivity contribution is 5.88. The van der Waals surface area contributed by atoms with Crippen LogP contribution in [0.1, 0.15) is 40.4 Å². The monoisotopic (exact) mass is 372 g/mol. The first kappa shape index (κ1) is 18.3. The highest BCUT2D eigenvalue weighted by Gasteiger charge is 2.33. The number of fused-ring (bicyclic) bond motifs is 1. The van der Waals surface area contributed by atoms with Gasteiger partial charge in [0.2, 0.25) is 0 Å². The third-order valence-electron chi connectivity index (χ3n) is 5.47. The van der Waals surface area contributed by atoms with Crippen molar-refractivity contribution in [1.29, 1.82) is 0 Å². The van der Waals surface area contributed by atoms with Gasteiger partial charge in [-0.05, 0) is 55.5 Å². The van der Waals surface area contributed by atoms with Crippen molar-refractivity contribution in [2.24, 2.45) is 0 Å². The van der Waals surface area contributed by atoms with Gasteiger partial charge in [-0.25, -0.2) is 4.79 Å². The molecule has 3 nitrogen and oxygen atoms in total. The molecule has 28 heavy (non-hydrogen) atoms. The third-order valence-corrected chi connectivity index (χ3v) is 5.47. The van der Waals surface area contributed by atoms with Crippen molar-refractivity contribution in [3.05, 3.63) is 89.0 Å². The summed E-state index contributed by atoms with van der Waals surface area (Å²) in [5.41, 5.74) is 5.77. The van der Waals surface area contributed by atoms with Crippen LogP contribution in [0.4, 0.5) is 0 Å². The molecular formula is C25H24O3. The van der Waals surface area contributed by atoms with E-state index in [1.807, 2.05) is 24.3 Å². The lowest BCUT2D eigenvalue weighted by Gasteiger charge is -2.37. The van der Waals surface area contributed by atoms with E-state index >= 15 is 0 Å². The Morgan fingerprint density at radius 3 is 2.54 bits per heavy atom. The van der Waals surface area contributed by atoms with Crippen LogP contribution in [-0.2, 0) is 12.8 Å². The van der Waals surface area contributed by atoms with E-state index in [1.54, 1.807) is 12.1 Å². The van der Waals surface area contributed by atoms with Crippen LogP contribution in [0.2, 0.25) is 0 Å². The molecule has 3 aromatic rings. The highest BCUT2D eigenvalue weighted by atomic mass is 16.5. The van der Waals surface area contributed by atoms with E-state index < -0.39 is 5.97 Å². The number of benzene rings is 3. The molecule has 0 spiro atoms. The Morgan fingerprint density at radius 1 is 1.07 bits per heavy atom. The zero-order valence-electron chi connectivity index (χ0n) is 16.2. The van der Waals surface area contributed by atoms with Gasteiger partial charge in [-0.3, -0.25) is 0 Å². The molecular weight excluding hydrogens is 348 g/mol. The first-order valence-corrected chi connectivity index (χ1v) is 9.64. The van der Waals surface area contributed by atoms with Crippen LogP contribution >= 0.6 is 0 Å². The molecule has 1 aliphatic rings. The molecule has 0 bridgehead atoms. The second kappa shape index (κ2) is 7.16. The Kier molecular flexibility index (Phi) is 4.68. The van der Waals surface area contributed by atoms with Crippen molar-refractivity contribution in [3.63, 3.8) is 0 Å². The summed E-state index contributed by atoms with van der Waals surface area (Å²) in [6, 6.07) is 21.8. The summed E-state index contributed by atoms with van der Waals surface area (Å²) < 4.78 is 6.61. The minimum atomic E-state index is -0.913. The SMILES string of the molecule is Cc1cccc(CC2(C)CCc3cccc(-c4ccc(C(=O)O)cc4)c3O2)c1. The van der Waals surface area contributed by atoms with Crippen LogP contribution in [0.5, 0.6) is 5.75 Å². The van der Waals surface area contributed by atoms with Crippen LogP contribution in [0, 0.1) is 6.92 Å². The minimum Gasteiger partial charge on any atom is -0.486 e. The zero-order chi connectivity index (χ0) is 19.7. The summed E-state index contributed by atoms with van der Waals surface area (Å²) in [7, 11) is 0. The van der Waals surface area contributed by atoms with Crippen LogP contribution in [0.25, 0.3) is 11.1 Å². The number of rotatable bonds is 4. The number of aryl methyl sites for hydroxylation is 2. The lowest BCUT2D eigenvalue weighted by atomic mass is 9.85. The highest BCUT2D eigenvalue weighted by Crippen LogP contribution is 2.41. The van der Waals surface area contributed by atoms with E-state index in [-0.39, 0.29) is 5.60 Å². The standard InChI is InChI=1S/C25H24O3/c1-17-5-3-6-18(15-17)16-25(2)14-13-20-7-4-8-22(23(20)28-25)19-9-11-21(12-10-19)24(26)27/h3-12,15H,13-14,16H2,1-2H3,(H,26,27). The Labute approximate surface area is 165 Å². The van der Waals surface area contributed by atoms with Gasteiger partial charge in [-0.2, -0.15) is 0 Å². The van der Waals surface area contributed by atoms with Gasteiger partial charge < -0.3 is 9.84 Å². The van der Waals surface area contributed by atoms with Crippen molar-refractivity contribution < 1.29 is 14.6 Å². The summed E-state index contributed by atoms with van der Waals surface area (Å²) >= 11 is 0. The smallest absolute Gasteiger partial charge is 0.335 e. The quantitative estimate of drug-likeness (QED) is 0.640. The molecule has 4 rings (SSSR count). The number of ether oxygens (including phenoxy) is 1. The van der Waals surface area contributed by atoms with E-state index in [4.69, 9.17) is 9.84 Å². The fourth-order valence-corrected chi connectivity index (χ4v) is 4.00. The van der Waals surface area contributed by atoms with Crippen molar-refractivity contribution in [1.82, 2.24) is 0 Å². The molecule has 1 atom stereocenters. The topological polar surface area (TPSA) is 46.5 Å². The fraction of sp³-hybridized carbons (Fsp3) is 0.240. The predicted molar refractivity (Wildman–Crippen MR) is 111 cm³/mol. The van der Waals surface area contributed by atoms with Gasteiger partial charge in [-0.15, -0.1) is 0 Å². The normalized spacial score (nSPS) is 18.2. The molecule has 0 aromatic heterocycles. The van der Waals surface area contributed by atoms with Crippen molar-refractivity contribution >= 4 is 5.97 Å². The Balaban J connectivity index is 1.66. The lowest BCUT2D eigenvalue weighted by molar-refractivity contribution is 0.0661. The minimum absolute atomic E-state index is 0.266. The summed E-state index contributed by atoms with van der Waals surface area (Å²) in [4.78, 5) is 11.1. The van der Waals surface area contributed by atoms with Crippen LogP contribution in [-0.4, -0.2) is 16.7 Å². The molecule has 1 aliphatic heterocycles. The second-order valence-corrected chi connectivity index (χ2v) is 7.89. The molecule has 0 saturated carbocycles. The molecule has 0 amide bonds. The molecule has 3 heteroatoms. The average molecular weight is 372 g/mol. The first-order valence-electron chi connectivity index (χ1n) is 9.64. The summed E-state index contributed by atoms with van der Waals surface area (Å²) in [6.07, 6.45) is 2.80. The number of carboxylic acids is 1. The molecule has 0 radical (unpaired) electrons. The number of carboxylic acid groups (broad SMARTS) is 1. The van der Waals surface area contributed by atoms with Crippen molar-refractivity contribution in [3.8, 4) is 16.9 Å². The van der Waals surface area contributed by atoms with Crippen LogP contribution in [0.15, 0.2) is 66.7 Å². The number of aromatic carboxylic acids is 1. The number of hydrogen-bond donors (Lipinski definition) is 1. The van der Waals surface area contributed by atoms with E-state index in [0.717, 1.165) is 36.1 Å². The molecule has 1 unspecified atom stereocenters. The second-order valence-electron chi connectivity index (χ2n) is 7.89. The van der Waals surface area contributed by atoms with E-state index in [2.05, 4.69) is 44.2 Å². The van der Waals surface area contributed by atoms with Crippen LogP contribution < -0.4 is 4.74 Å². The maximum absolute atomic E-state index is 11.1. The average Bonchev–Trinajstić information content (AvgIpc) is 2.67. The van der Waals surface area contributed by atoms with Gasteiger partial charge in [0.15, 0.2) is 0 Å². The van der Waals surface area contributed by atoms with Crippen molar-refractivity contribution in [2.75, 3.05) is 0 Å². The van der Waals surface area contributed by atoms with Crippen molar-refractivity contribution in [2.45, 2.75) is 38.7 Å². The van der Waals surface area contributed by atoms with Gasteiger partial charge in [-0.1, -0.05) is 60.2 Å². The molecule has 0 saturated heterocycles. The largest absolute Gasteiger partial charge is 0.486 e. The molecule has 3 aromatic carbocycles. The van der Waals surface area contributed by atoms with E-state index in [0.29, 0.717) is 5.56 Å². The summed E-state index contributed by atoms with van der Waals surface area (Å²) in [5, 5.41) is 9.14. The fourth-order valence-electron chi connectivity index (χ4n) is 4.00. The Hall–Kier alpha value is -3.07. The van der Waals surface area contributed by atoms with Gasteiger partial charge in [0.25, 0.3) is 0 Å². The van der Waals surface area contributed by atoms with Gasteiger partial charge >= 0.3 is 5.97 Å². The number of hydrogen-bond acceptors (Lipinski definition) is 2. The van der Waals surface area contributed by atoms with Gasteiger partial charge in [0, 0.05) is 12.0 Å². The van der Waals surface area contributed by atoms with Gasteiger partial charge in [0.1, 0.15) is 11.4 Å². The first-order chi connectivity index (χ1) is 13.4. The Morgan fingerprint density at radius 2 is 1.82 bits per heavy atom. The third kappa shape index (κ3) is 3.65. The summed E-state index contributed by atoms with van der Waals surface area (Å²) in [5.74, 6) is 0.00981. The molecule has 1 heterocycles. The lowest BCUT2D eigenvalue weighted by Crippen LogP contribution is -2.38. The van der Waals surface area contributed by atoms with E-state index in [9.17, 15) is 4.79 Å². The zero-order valence-corrected chi connectivity index (χ0v) is 16.2. The Bertz CT molecular complexity index is 1020. The maximum atomic E-state index is 11.1. The number of para-hydroxylation sites is 1. The number of carbonyl (C=O) groups is 1. The van der Waals surface area contributed by atoms with Gasteiger partial charge in [0.05, 0.1) is 5.56 Å². The predicted octanol–water partition coefficient (Wildman–Crippen LogP) is 5.69. The molecule has 0 aliphatic carbocycles. The summed E-state index contributed by atoms with van der Waals surface area (Å²) in [6.45, 7) is 4.30. The molecule has 1 N–H and O–H groups in total. The molecule has 0 fully saturated rings. The van der Waals surface area contributed by atoms with E-state index in [1.165, 1.54) is 16.7 Å². The maximum Gasteiger partial charge on any atom is 0.335 e. The molecule has 142 valence electrons. The van der Waals surface area contributed by atoms with Crippen LogP contribution in [0.3, 0.4) is 0 Å².